The summed E-state index contributed by atoms with van der Waals surface area (Å²) < 4.78 is 13.4. The lowest BCUT2D eigenvalue weighted by atomic mass is 10.0. The minimum atomic E-state index is -0.187. The summed E-state index contributed by atoms with van der Waals surface area (Å²) >= 11 is 0. The number of nitrogens with zero attached hydrogens (tertiary/aromatic N) is 2. The van der Waals surface area contributed by atoms with Crippen molar-refractivity contribution in [1.82, 2.24) is 10.6 Å². The maximum Gasteiger partial charge on any atom is 0.191 e. The molecule has 25 heavy (non-hydrogen) atoms. The number of benzene rings is 1. The maximum atomic E-state index is 13.4. The molecular weight excluding hydrogens is 319 g/mol. The van der Waals surface area contributed by atoms with Gasteiger partial charge in [-0.2, -0.15) is 0 Å². The molecule has 5 nitrogen and oxygen atoms in total. The molecule has 1 aromatic carbocycles. The second-order valence-electron chi connectivity index (χ2n) is 6.87. The molecule has 3 N–H and O–H groups in total. The lowest BCUT2D eigenvalue weighted by Crippen LogP contribution is -2.51. The Labute approximate surface area is 150 Å². The number of aliphatic imine (C=N–C) groups is 1. The molecule has 6 heteroatoms. The molecule has 1 aromatic rings. The van der Waals surface area contributed by atoms with Crippen molar-refractivity contribution >= 4 is 11.6 Å². The number of hydrogen-bond donors (Lipinski definition) is 3. The predicted octanol–water partition coefficient (Wildman–Crippen LogP) is 2.29. The van der Waals surface area contributed by atoms with Gasteiger partial charge in [0.2, 0.25) is 0 Å². The van der Waals surface area contributed by atoms with Gasteiger partial charge in [0.05, 0.1) is 0 Å². The number of hydrogen-bond acceptors (Lipinski definition) is 3. The molecule has 2 unspecified atom stereocenters. The summed E-state index contributed by atoms with van der Waals surface area (Å²) in [6.07, 6.45) is 2.16. The minimum Gasteiger partial charge on any atom is -0.396 e. The number of nitrogens with one attached hydrogen (secondary N) is 2. The predicted molar refractivity (Wildman–Crippen MR) is 102 cm³/mol. The number of aryl methyl sites for hydroxylation is 1. The molecule has 1 aliphatic rings. The smallest absolute Gasteiger partial charge is 0.191 e. The summed E-state index contributed by atoms with van der Waals surface area (Å²) in [6, 6.07) is 5.28. The lowest BCUT2D eigenvalue weighted by Gasteiger charge is -2.36. The van der Waals surface area contributed by atoms with E-state index in [4.69, 9.17) is 5.11 Å². The Morgan fingerprint density at radius 3 is 2.96 bits per heavy atom. The largest absolute Gasteiger partial charge is 0.396 e. The van der Waals surface area contributed by atoms with Crippen molar-refractivity contribution in [2.45, 2.75) is 39.7 Å². The third-order valence-electron chi connectivity index (χ3n) is 4.48. The van der Waals surface area contributed by atoms with Crippen molar-refractivity contribution in [3.63, 3.8) is 0 Å². The highest BCUT2D eigenvalue weighted by molar-refractivity contribution is 5.80. The number of aliphatic hydroxyl groups excluding tert-OH is 1. The van der Waals surface area contributed by atoms with E-state index in [1.807, 2.05) is 26.8 Å². The molecule has 0 aromatic heterocycles. The van der Waals surface area contributed by atoms with Crippen LogP contribution < -0.4 is 15.5 Å². The molecule has 0 aliphatic carbocycles. The molecule has 2 atom stereocenters. The summed E-state index contributed by atoms with van der Waals surface area (Å²) in [5.41, 5.74) is 2.07. The molecule has 0 spiro atoms. The fourth-order valence-electron chi connectivity index (χ4n) is 3.11. The number of aliphatic hydroxyl groups is 1. The van der Waals surface area contributed by atoms with E-state index in [9.17, 15) is 4.39 Å². The fourth-order valence-corrected chi connectivity index (χ4v) is 3.11. The molecule has 1 heterocycles. The first kappa shape index (κ1) is 19.5. The Morgan fingerprint density at radius 2 is 2.28 bits per heavy atom. The second-order valence-corrected chi connectivity index (χ2v) is 6.87. The van der Waals surface area contributed by atoms with E-state index in [2.05, 4.69) is 20.5 Å². The minimum absolute atomic E-state index is 0.143. The number of anilines is 1. The van der Waals surface area contributed by atoms with E-state index in [-0.39, 0.29) is 18.3 Å². The number of rotatable bonds is 6. The average Bonchev–Trinajstić information content (AvgIpc) is 2.59. The molecular formula is C19H31FN4O. The van der Waals surface area contributed by atoms with Crippen LogP contribution in [0.25, 0.3) is 0 Å². The summed E-state index contributed by atoms with van der Waals surface area (Å²) in [7, 11) is 0. The van der Waals surface area contributed by atoms with Gasteiger partial charge in [-0.1, -0.05) is 6.92 Å². The van der Waals surface area contributed by atoms with Crippen LogP contribution in [0.1, 0.15) is 32.3 Å². The van der Waals surface area contributed by atoms with Crippen LogP contribution in [-0.4, -0.2) is 49.9 Å². The first-order valence-corrected chi connectivity index (χ1v) is 9.20. The van der Waals surface area contributed by atoms with Crippen molar-refractivity contribution in [3.05, 3.63) is 29.6 Å². The van der Waals surface area contributed by atoms with Gasteiger partial charge >= 0.3 is 0 Å². The van der Waals surface area contributed by atoms with Crippen molar-refractivity contribution in [2.24, 2.45) is 10.9 Å². The summed E-state index contributed by atoms with van der Waals surface area (Å²) in [4.78, 5) is 6.89. The zero-order valence-corrected chi connectivity index (χ0v) is 15.6. The van der Waals surface area contributed by atoms with Gasteiger partial charge in [-0.3, -0.25) is 4.99 Å². The normalized spacial score (nSPS) is 19.6. The quantitative estimate of drug-likeness (QED) is 0.544. The molecule has 0 amide bonds. The van der Waals surface area contributed by atoms with Crippen molar-refractivity contribution in [3.8, 4) is 0 Å². The monoisotopic (exact) mass is 350 g/mol. The third-order valence-corrected chi connectivity index (χ3v) is 4.48. The van der Waals surface area contributed by atoms with E-state index in [0.717, 1.165) is 49.7 Å². The van der Waals surface area contributed by atoms with Gasteiger partial charge in [0.25, 0.3) is 0 Å². The average molecular weight is 350 g/mol. The van der Waals surface area contributed by atoms with Gasteiger partial charge < -0.3 is 20.6 Å². The Balaban J connectivity index is 2.01. The zero-order valence-electron chi connectivity index (χ0n) is 15.6. The molecule has 1 aliphatic heterocycles. The van der Waals surface area contributed by atoms with Crippen LogP contribution in [0.2, 0.25) is 0 Å². The van der Waals surface area contributed by atoms with Gasteiger partial charge in [-0.15, -0.1) is 0 Å². The van der Waals surface area contributed by atoms with Crippen molar-refractivity contribution in [2.75, 3.05) is 37.7 Å². The van der Waals surface area contributed by atoms with E-state index in [1.54, 1.807) is 6.07 Å². The molecule has 1 saturated heterocycles. The Morgan fingerprint density at radius 1 is 1.48 bits per heavy atom. The van der Waals surface area contributed by atoms with E-state index < -0.39 is 0 Å². The van der Waals surface area contributed by atoms with Gasteiger partial charge in [-0.05, 0) is 56.4 Å². The number of halogens is 1. The van der Waals surface area contributed by atoms with Crippen LogP contribution in [0.3, 0.4) is 0 Å². The van der Waals surface area contributed by atoms with Gasteiger partial charge in [0.1, 0.15) is 5.82 Å². The molecule has 0 radical (unpaired) electrons. The number of guanidine groups is 1. The first-order chi connectivity index (χ1) is 12.0. The van der Waals surface area contributed by atoms with Gasteiger partial charge in [-0.25, -0.2) is 4.39 Å². The van der Waals surface area contributed by atoms with Crippen LogP contribution in [0.5, 0.6) is 0 Å². The topological polar surface area (TPSA) is 59.9 Å². The first-order valence-electron chi connectivity index (χ1n) is 9.20. The standard InChI is InChI=1S/C19H31FN4O/c1-4-21-19(22-11-14(2)13-25)23-17-6-5-9-24(12-17)18-8-7-16(20)10-15(18)3/h7-8,10,14,17,25H,4-6,9,11-13H2,1-3H3,(H2,21,22,23). The Bertz CT molecular complexity index is 579. The Hall–Kier alpha value is -1.82. The van der Waals surface area contributed by atoms with Crippen molar-refractivity contribution in [1.29, 1.82) is 0 Å². The molecule has 0 bridgehead atoms. The third kappa shape index (κ3) is 5.88. The SMILES string of the molecule is CCNC(=NCC(C)CO)NC1CCCN(c2ccc(F)cc2C)C1. The van der Waals surface area contributed by atoms with Crippen LogP contribution in [-0.2, 0) is 0 Å². The van der Waals surface area contributed by atoms with Crippen molar-refractivity contribution < 1.29 is 9.50 Å². The van der Waals surface area contributed by atoms with E-state index in [0.29, 0.717) is 12.6 Å². The summed E-state index contributed by atoms with van der Waals surface area (Å²) in [5, 5.41) is 15.9. The maximum absolute atomic E-state index is 13.4. The highest BCUT2D eigenvalue weighted by Crippen LogP contribution is 2.24. The molecule has 0 saturated carbocycles. The van der Waals surface area contributed by atoms with E-state index in [1.165, 1.54) is 6.07 Å². The van der Waals surface area contributed by atoms with Crippen LogP contribution in [0.4, 0.5) is 10.1 Å². The van der Waals surface area contributed by atoms with E-state index >= 15 is 0 Å². The summed E-state index contributed by atoms with van der Waals surface area (Å²) in [6.45, 7) is 9.37. The Kier molecular flexibility index (Phi) is 7.50. The van der Waals surface area contributed by atoms with Crippen LogP contribution >= 0.6 is 0 Å². The molecule has 2 rings (SSSR count). The second kappa shape index (κ2) is 9.61. The highest BCUT2D eigenvalue weighted by atomic mass is 19.1. The summed E-state index contributed by atoms with van der Waals surface area (Å²) in [5.74, 6) is 0.762. The van der Waals surface area contributed by atoms with Crippen LogP contribution in [0, 0.1) is 18.7 Å². The zero-order chi connectivity index (χ0) is 18.2. The van der Waals surface area contributed by atoms with Crippen LogP contribution in [0.15, 0.2) is 23.2 Å². The molecule has 140 valence electrons. The molecule has 1 fully saturated rings. The number of piperidine rings is 1. The fraction of sp³-hybridized carbons (Fsp3) is 0.632. The highest BCUT2D eigenvalue weighted by Gasteiger charge is 2.22. The van der Waals surface area contributed by atoms with Gasteiger partial charge in [0, 0.05) is 44.5 Å². The lowest BCUT2D eigenvalue weighted by molar-refractivity contribution is 0.241. The van der Waals surface area contributed by atoms with Gasteiger partial charge in [0.15, 0.2) is 5.96 Å².